The molecule has 0 N–H and O–H groups in total. The van der Waals surface area contributed by atoms with Crippen LogP contribution in [0, 0.1) is 0 Å². The van der Waals surface area contributed by atoms with Crippen molar-refractivity contribution >= 4 is 60.5 Å². The maximum absolute atomic E-state index is 9.67. The number of furan rings is 1. The Labute approximate surface area is 313 Å². The summed E-state index contributed by atoms with van der Waals surface area (Å²) >= 11 is 0. The third kappa shape index (κ3) is 5.04. The van der Waals surface area contributed by atoms with Crippen LogP contribution in [-0.2, 0) is 0 Å². The van der Waals surface area contributed by atoms with Gasteiger partial charge in [0.2, 0.25) is 0 Å². The SMILES string of the molecule is [2H]c1c([2H])c(N(c2ccccc2-c2cccc3c2oc2c4ccccc4ccc32)c2c([2H])c([2H])c(-c3cccc4ccccc34)c([2H])c2[2H])c([2H])c([2H])c1-c1ccccc1. The van der Waals surface area contributed by atoms with Crippen molar-refractivity contribution in [2.45, 2.75) is 0 Å². The van der Waals surface area contributed by atoms with E-state index in [0.717, 1.165) is 32.3 Å². The second kappa shape index (κ2) is 12.5. The molecule has 9 aromatic carbocycles. The molecular formula is C50H33NO. The van der Waals surface area contributed by atoms with Crippen LogP contribution in [0.2, 0.25) is 0 Å². The van der Waals surface area contributed by atoms with Crippen LogP contribution in [0.4, 0.5) is 17.1 Å². The van der Waals surface area contributed by atoms with Crippen molar-refractivity contribution in [3.63, 3.8) is 0 Å². The molecule has 1 aromatic heterocycles. The van der Waals surface area contributed by atoms with Crippen LogP contribution in [0.15, 0.2) is 204 Å². The normalized spacial score (nSPS) is 13.6. The molecule has 2 nitrogen and oxygen atoms in total. The van der Waals surface area contributed by atoms with Crippen molar-refractivity contribution in [3.8, 4) is 33.4 Å². The lowest BCUT2D eigenvalue weighted by Crippen LogP contribution is -2.11. The number of hydrogen-bond acceptors (Lipinski definition) is 2. The summed E-state index contributed by atoms with van der Waals surface area (Å²) < 4.78 is 82.8. The maximum Gasteiger partial charge on any atom is 0.143 e. The molecule has 244 valence electrons. The van der Waals surface area contributed by atoms with Gasteiger partial charge in [-0.3, -0.25) is 0 Å². The fourth-order valence-electron chi connectivity index (χ4n) is 7.15. The maximum atomic E-state index is 9.67. The van der Waals surface area contributed by atoms with Crippen LogP contribution in [0.5, 0.6) is 0 Å². The highest BCUT2D eigenvalue weighted by molar-refractivity contribution is 6.17. The van der Waals surface area contributed by atoms with E-state index in [1.54, 1.807) is 42.5 Å². The van der Waals surface area contributed by atoms with Gasteiger partial charge in [0, 0.05) is 38.7 Å². The van der Waals surface area contributed by atoms with E-state index >= 15 is 0 Å². The molecule has 0 bridgehead atoms. The first-order chi connectivity index (χ1) is 29.2. The van der Waals surface area contributed by atoms with Crippen LogP contribution in [0.3, 0.4) is 0 Å². The molecule has 0 radical (unpaired) electrons. The molecule has 0 aliphatic heterocycles. The van der Waals surface area contributed by atoms with E-state index in [4.69, 9.17) is 4.42 Å². The van der Waals surface area contributed by atoms with Gasteiger partial charge >= 0.3 is 0 Å². The van der Waals surface area contributed by atoms with Crippen LogP contribution in [0.25, 0.3) is 76.9 Å². The highest BCUT2D eigenvalue weighted by atomic mass is 16.3. The lowest BCUT2D eigenvalue weighted by atomic mass is 9.97. The molecule has 0 aliphatic carbocycles. The third-order valence-corrected chi connectivity index (χ3v) is 9.62. The summed E-state index contributed by atoms with van der Waals surface area (Å²) in [6, 6.07) is 44.0. The zero-order valence-electron chi connectivity index (χ0n) is 35.8. The molecule has 0 saturated carbocycles. The summed E-state index contributed by atoms with van der Waals surface area (Å²) in [6.07, 6.45) is 0. The van der Waals surface area contributed by atoms with E-state index in [-0.39, 0.29) is 46.7 Å². The summed E-state index contributed by atoms with van der Waals surface area (Å²) in [5.74, 6) is 0. The Morgan fingerprint density at radius 2 is 0.885 bits per heavy atom. The number of para-hydroxylation sites is 2. The van der Waals surface area contributed by atoms with Gasteiger partial charge in [0.05, 0.1) is 16.7 Å². The summed E-state index contributed by atoms with van der Waals surface area (Å²) in [4.78, 5) is 1.37. The molecule has 1 heterocycles. The fourth-order valence-corrected chi connectivity index (χ4v) is 7.15. The molecule has 10 rings (SSSR count). The zero-order chi connectivity index (χ0) is 41.4. The Morgan fingerprint density at radius 3 is 1.67 bits per heavy atom. The zero-order valence-corrected chi connectivity index (χ0v) is 27.8. The van der Waals surface area contributed by atoms with Gasteiger partial charge in [0.15, 0.2) is 0 Å². The second-order valence-corrected chi connectivity index (χ2v) is 12.6. The average molecular weight is 672 g/mol. The van der Waals surface area contributed by atoms with E-state index in [0.29, 0.717) is 39.1 Å². The van der Waals surface area contributed by atoms with Crippen LogP contribution in [-0.4, -0.2) is 0 Å². The standard InChI is InChI=1S/C50H33NO/c1-2-12-34(13-3-1)35-24-29-39(30-25-35)51(40-31-26-38(27-32-40)42-20-10-16-36-14-4-6-17-41(36)42)48-23-9-8-19-44(48)45-21-11-22-46-47-33-28-37-15-5-7-18-43(37)49(47)52-50(45)46/h1-33H/i24D,25D,26D,27D,29D,30D,31D,32D. The number of nitrogens with zero attached hydrogens (tertiary/aromatic N) is 1. The molecule has 0 saturated heterocycles. The summed E-state index contributed by atoms with van der Waals surface area (Å²) in [5.41, 5.74) is 3.58. The first-order valence-corrected chi connectivity index (χ1v) is 17.1. The van der Waals surface area contributed by atoms with E-state index < -0.39 is 24.2 Å². The number of hydrogen-bond donors (Lipinski definition) is 0. The van der Waals surface area contributed by atoms with Crippen molar-refractivity contribution in [1.29, 1.82) is 0 Å². The number of anilines is 3. The molecule has 52 heavy (non-hydrogen) atoms. The lowest BCUT2D eigenvalue weighted by molar-refractivity contribution is 0.674. The molecular weight excluding hydrogens is 631 g/mol. The topological polar surface area (TPSA) is 16.4 Å². The highest BCUT2D eigenvalue weighted by Gasteiger charge is 2.21. The van der Waals surface area contributed by atoms with Crippen LogP contribution >= 0.6 is 0 Å². The summed E-state index contributed by atoms with van der Waals surface area (Å²) in [7, 11) is 0. The first-order valence-electron chi connectivity index (χ1n) is 21.1. The average Bonchev–Trinajstić information content (AvgIpc) is 3.68. The summed E-state index contributed by atoms with van der Waals surface area (Å²) in [6.45, 7) is 0. The van der Waals surface area contributed by atoms with E-state index in [2.05, 4.69) is 6.07 Å². The van der Waals surface area contributed by atoms with Gasteiger partial charge in [-0.2, -0.15) is 0 Å². The van der Waals surface area contributed by atoms with E-state index in [9.17, 15) is 11.0 Å². The molecule has 0 aliphatic rings. The third-order valence-electron chi connectivity index (χ3n) is 9.62. The number of rotatable bonds is 6. The molecule has 0 amide bonds. The van der Waals surface area contributed by atoms with Crippen molar-refractivity contribution in [2.75, 3.05) is 4.90 Å². The fraction of sp³-hybridized carbons (Fsp3) is 0. The Balaban J connectivity index is 1.29. The Morgan fingerprint density at radius 1 is 0.346 bits per heavy atom. The first kappa shape index (κ1) is 22.7. The van der Waals surface area contributed by atoms with Gasteiger partial charge in [-0.05, 0) is 74.7 Å². The van der Waals surface area contributed by atoms with E-state index in [1.807, 2.05) is 103 Å². The predicted molar refractivity (Wildman–Crippen MR) is 220 cm³/mol. The smallest absolute Gasteiger partial charge is 0.143 e. The highest BCUT2D eigenvalue weighted by Crippen LogP contribution is 2.45. The van der Waals surface area contributed by atoms with Crippen LogP contribution < -0.4 is 4.90 Å². The molecule has 2 heteroatoms. The molecule has 0 unspecified atom stereocenters. The molecule has 0 spiro atoms. The minimum Gasteiger partial charge on any atom is -0.455 e. The van der Waals surface area contributed by atoms with Crippen molar-refractivity contribution in [2.24, 2.45) is 0 Å². The Hall–Kier alpha value is -6.90. The van der Waals surface area contributed by atoms with Gasteiger partial charge in [-0.15, -0.1) is 0 Å². The van der Waals surface area contributed by atoms with Crippen molar-refractivity contribution in [1.82, 2.24) is 0 Å². The Kier molecular flexibility index (Phi) is 5.45. The minimum atomic E-state index is -0.411. The molecule has 10 aromatic rings. The second-order valence-electron chi connectivity index (χ2n) is 12.6. The molecule has 0 atom stereocenters. The van der Waals surface area contributed by atoms with Gasteiger partial charge in [0.1, 0.15) is 11.2 Å². The van der Waals surface area contributed by atoms with Gasteiger partial charge in [-0.25, -0.2) is 0 Å². The van der Waals surface area contributed by atoms with Gasteiger partial charge in [0.25, 0.3) is 0 Å². The van der Waals surface area contributed by atoms with Crippen molar-refractivity contribution < 1.29 is 15.4 Å². The van der Waals surface area contributed by atoms with Gasteiger partial charge in [-0.1, -0.05) is 164 Å². The van der Waals surface area contributed by atoms with Crippen molar-refractivity contribution in [3.05, 3.63) is 200 Å². The largest absolute Gasteiger partial charge is 0.455 e. The minimum absolute atomic E-state index is 0.104. The Bertz CT molecular complexity index is 3320. The summed E-state index contributed by atoms with van der Waals surface area (Å²) in [5, 5.41) is 5.38. The lowest BCUT2D eigenvalue weighted by Gasteiger charge is -2.28. The van der Waals surface area contributed by atoms with Crippen LogP contribution in [0.1, 0.15) is 11.0 Å². The number of benzene rings is 9. The quantitative estimate of drug-likeness (QED) is 0.175. The monoisotopic (exact) mass is 671 g/mol. The van der Waals surface area contributed by atoms with E-state index in [1.165, 1.54) is 4.90 Å². The predicted octanol–water partition coefficient (Wildman–Crippen LogP) is 14.4. The van der Waals surface area contributed by atoms with Gasteiger partial charge < -0.3 is 9.32 Å². The molecule has 0 fully saturated rings. The number of fused-ring (bicyclic) bond motifs is 6.